The van der Waals surface area contributed by atoms with Crippen LogP contribution in [0.25, 0.3) is 5.65 Å². The summed E-state index contributed by atoms with van der Waals surface area (Å²) >= 11 is 0. The molecule has 0 unspecified atom stereocenters. The zero-order chi connectivity index (χ0) is 18.1. The average Bonchev–Trinajstić information content (AvgIpc) is 2.98. The molecule has 0 saturated carbocycles. The standard InChI is InChI=1S/C15H21F3N6O/c1-2-19-14(20-7-5-9-25-11-15(16,17)18)21-10-13-23-22-12-6-3-4-8-24(12)13/h3-4,6,8H,2,5,7,9-11H2,1H3,(H2,19,20,21). The van der Waals surface area contributed by atoms with Crippen LogP contribution in [0.2, 0.25) is 0 Å². The maximum absolute atomic E-state index is 12.0. The highest BCUT2D eigenvalue weighted by atomic mass is 19.4. The molecule has 0 amide bonds. The van der Waals surface area contributed by atoms with Crippen molar-refractivity contribution in [3.63, 3.8) is 0 Å². The van der Waals surface area contributed by atoms with Crippen molar-refractivity contribution in [1.29, 1.82) is 0 Å². The third kappa shape index (κ3) is 6.57. The number of rotatable bonds is 8. The van der Waals surface area contributed by atoms with Crippen molar-refractivity contribution in [3.8, 4) is 0 Å². The Morgan fingerprint density at radius 3 is 2.88 bits per heavy atom. The molecule has 0 saturated heterocycles. The van der Waals surface area contributed by atoms with Gasteiger partial charge < -0.3 is 15.4 Å². The number of guanidine groups is 1. The summed E-state index contributed by atoms with van der Waals surface area (Å²) in [6, 6.07) is 5.61. The van der Waals surface area contributed by atoms with Crippen LogP contribution < -0.4 is 10.6 Å². The van der Waals surface area contributed by atoms with Crippen molar-refractivity contribution in [1.82, 2.24) is 25.2 Å². The van der Waals surface area contributed by atoms with Crippen LogP contribution in [-0.2, 0) is 11.3 Å². The van der Waals surface area contributed by atoms with E-state index in [0.717, 1.165) is 5.65 Å². The van der Waals surface area contributed by atoms with E-state index < -0.39 is 12.8 Å². The monoisotopic (exact) mass is 358 g/mol. The molecule has 7 nitrogen and oxygen atoms in total. The van der Waals surface area contributed by atoms with Gasteiger partial charge in [0.1, 0.15) is 13.2 Å². The topological polar surface area (TPSA) is 75.8 Å². The molecule has 0 radical (unpaired) electrons. The fraction of sp³-hybridized carbons (Fsp3) is 0.533. The molecule has 0 atom stereocenters. The summed E-state index contributed by atoms with van der Waals surface area (Å²) in [5, 5.41) is 14.3. The van der Waals surface area contributed by atoms with Gasteiger partial charge in [0.15, 0.2) is 17.4 Å². The summed E-state index contributed by atoms with van der Waals surface area (Å²) in [7, 11) is 0. The molecule has 2 N–H and O–H groups in total. The first-order valence-corrected chi connectivity index (χ1v) is 7.95. The molecule has 0 aliphatic rings. The van der Waals surface area contributed by atoms with Gasteiger partial charge in [-0.05, 0) is 25.5 Å². The van der Waals surface area contributed by atoms with Crippen LogP contribution in [0.5, 0.6) is 0 Å². The zero-order valence-electron chi connectivity index (χ0n) is 13.9. The molecule has 138 valence electrons. The van der Waals surface area contributed by atoms with E-state index >= 15 is 0 Å². The van der Waals surface area contributed by atoms with Crippen LogP contribution >= 0.6 is 0 Å². The van der Waals surface area contributed by atoms with Gasteiger partial charge in [0.25, 0.3) is 0 Å². The van der Waals surface area contributed by atoms with Crippen molar-refractivity contribution in [2.24, 2.45) is 4.99 Å². The zero-order valence-corrected chi connectivity index (χ0v) is 13.9. The van der Waals surface area contributed by atoms with E-state index in [-0.39, 0.29) is 6.61 Å². The number of hydrogen-bond donors (Lipinski definition) is 2. The van der Waals surface area contributed by atoms with Gasteiger partial charge in [-0.15, -0.1) is 10.2 Å². The lowest BCUT2D eigenvalue weighted by Gasteiger charge is -2.11. The number of hydrogen-bond acceptors (Lipinski definition) is 4. The second kappa shape index (κ2) is 9.21. The molecular weight excluding hydrogens is 337 g/mol. The van der Waals surface area contributed by atoms with Gasteiger partial charge in [0.05, 0.1) is 0 Å². The minimum atomic E-state index is -4.29. The summed E-state index contributed by atoms with van der Waals surface area (Å²) in [5.41, 5.74) is 0.743. The Morgan fingerprint density at radius 2 is 2.12 bits per heavy atom. The number of fused-ring (bicyclic) bond motifs is 1. The number of pyridine rings is 1. The quantitative estimate of drug-likeness (QED) is 0.427. The Bertz CT molecular complexity index is 685. The average molecular weight is 358 g/mol. The van der Waals surface area contributed by atoms with Gasteiger partial charge in [-0.25, -0.2) is 4.99 Å². The molecule has 0 aliphatic carbocycles. The lowest BCUT2D eigenvalue weighted by atomic mass is 10.4. The number of halogens is 3. The molecule has 2 aromatic rings. The van der Waals surface area contributed by atoms with E-state index in [1.165, 1.54) is 0 Å². The third-order valence-corrected chi connectivity index (χ3v) is 3.13. The number of nitrogens with one attached hydrogen (secondary N) is 2. The van der Waals surface area contributed by atoms with E-state index in [1.807, 2.05) is 35.7 Å². The SMILES string of the molecule is CCNC(=NCc1nnc2ccccn12)NCCCOCC(F)(F)F. The Balaban J connectivity index is 1.80. The van der Waals surface area contributed by atoms with Crippen LogP contribution in [0.1, 0.15) is 19.2 Å². The molecule has 2 heterocycles. The van der Waals surface area contributed by atoms with Crippen molar-refractivity contribution in [3.05, 3.63) is 30.2 Å². The Labute approximate surface area is 143 Å². The summed E-state index contributed by atoms with van der Waals surface area (Å²) in [5.74, 6) is 1.26. The normalized spacial score (nSPS) is 12.6. The number of aliphatic imine (C=N–C) groups is 1. The summed E-state index contributed by atoms with van der Waals surface area (Å²) in [6.07, 6.45) is -1.99. The second-order valence-corrected chi connectivity index (χ2v) is 5.19. The van der Waals surface area contributed by atoms with Gasteiger partial charge in [-0.3, -0.25) is 4.40 Å². The van der Waals surface area contributed by atoms with Gasteiger partial charge in [0, 0.05) is 25.9 Å². The smallest absolute Gasteiger partial charge is 0.372 e. The fourth-order valence-electron chi connectivity index (χ4n) is 2.06. The van der Waals surface area contributed by atoms with Crippen molar-refractivity contribution < 1.29 is 17.9 Å². The lowest BCUT2D eigenvalue weighted by Crippen LogP contribution is -2.38. The first kappa shape index (κ1) is 19.0. The molecule has 2 rings (SSSR count). The second-order valence-electron chi connectivity index (χ2n) is 5.19. The third-order valence-electron chi connectivity index (χ3n) is 3.13. The lowest BCUT2D eigenvalue weighted by molar-refractivity contribution is -0.173. The number of aromatic nitrogens is 3. The van der Waals surface area contributed by atoms with Crippen LogP contribution in [0.15, 0.2) is 29.4 Å². The van der Waals surface area contributed by atoms with E-state index in [1.54, 1.807) is 0 Å². The van der Waals surface area contributed by atoms with Crippen LogP contribution in [-0.4, -0.2) is 53.0 Å². The maximum Gasteiger partial charge on any atom is 0.411 e. The van der Waals surface area contributed by atoms with Crippen molar-refractivity contribution in [2.45, 2.75) is 26.1 Å². The number of alkyl halides is 3. The predicted molar refractivity (Wildman–Crippen MR) is 87.3 cm³/mol. The van der Waals surface area contributed by atoms with E-state index in [9.17, 15) is 13.2 Å². The molecule has 0 fully saturated rings. The van der Waals surface area contributed by atoms with Gasteiger partial charge in [-0.2, -0.15) is 13.2 Å². The van der Waals surface area contributed by atoms with Crippen molar-refractivity contribution >= 4 is 11.6 Å². The minimum absolute atomic E-state index is 0.0285. The first-order chi connectivity index (χ1) is 12.0. The molecule has 0 bridgehead atoms. The maximum atomic E-state index is 12.0. The van der Waals surface area contributed by atoms with Gasteiger partial charge >= 0.3 is 6.18 Å². The summed E-state index contributed by atoms with van der Waals surface area (Å²) in [4.78, 5) is 4.41. The fourth-order valence-corrected chi connectivity index (χ4v) is 2.06. The molecule has 2 aromatic heterocycles. The highest BCUT2D eigenvalue weighted by Gasteiger charge is 2.27. The van der Waals surface area contributed by atoms with E-state index in [2.05, 4.69) is 30.6 Å². The highest BCUT2D eigenvalue weighted by molar-refractivity contribution is 5.79. The Morgan fingerprint density at radius 1 is 1.28 bits per heavy atom. The molecule has 0 aromatic carbocycles. The van der Waals surface area contributed by atoms with Crippen LogP contribution in [0.3, 0.4) is 0 Å². The largest absolute Gasteiger partial charge is 0.411 e. The molecule has 0 aliphatic heterocycles. The Hall–Kier alpha value is -2.36. The number of ether oxygens (including phenoxy) is 1. The summed E-state index contributed by atoms with van der Waals surface area (Å²) in [6.45, 7) is 2.17. The van der Waals surface area contributed by atoms with Crippen molar-refractivity contribution in [2.75, 3.05) is 26.3 Å². The van der Waals surface area contributed by atoms with Gasteiger partial charge in [-0.1, -0.05) is 6.07 Å². The first-order valence-electron chi connectivity index (χ1n) is 7.95. The van der Waals surface area contributed by atoms with Gasteiger partial charge in [0.2, 0.25) is 0 Å². The predicted octanol–water partition coefficient (Wildman–Crippen LogP) is 1.75. The Kier molecular flexibility index (Phi) is 6.99. The molecule has 25 heavy (non-hydrogen) atoms. The van der Waals surface area contributed by atoms with E-state index in [4.69, 9.17) is 0 Å². The summed E-state index contributed by atoms with van der Waals surface area (Å²) < 4.78 is 42.3. The minimum Gasteiger partial charge on any atom is -0.372 e. The highest BCUT2D eigenvalue weighted by Crippen LogP contribution is 2.14. The molecule has 0 spiro atoms. The molecule has 10 heteroatoms. The number of nitrogens with zero attached hydrogens (tertiary/aromatic N) is 4. The van der Waals surface area contributed by atoms with Crippen LogP contribution in [0, 0.1) is 0 Å². The van der Waals surface area contributed by atoms with E-state index in [0.29, 0.717) is 37.8 Å². The van der Waals surface area contributed by atoms with Crippen LogP contribution in [0.4, 0.5) is 13.2 Å². The molecular formula is C15H21F3N6O.